The number of hydrogen-bond acceptors (Lipinski definition) is 3. The van der Waals surface area contributed by atoms with Gasteiger partial charge >= 0.3 is 0 Å². The van der Waals surface area contributed by atoms with Crippen LogP contribution in [-0.4, -0.2) is 41.1 Å². The van der Waals surface area contributed by atoms with Crippen LogP contribution in [-0.2, 0) is 0 Å². The van der Waals surface area contributed by atoms with Crippen LogP contribution in [0.5, 0.6) is 5.75 Å². The zero-order valence-electron chi connectivity index (χ0n) is 11.3. The summed E-state index contributed by atoms with van der Waals surface area (Å²) < 4.78 is 0.615. The minimum absolute atomic E-state index is 0.0315. The summed E-state index contributed by atoms with van der Waals surface area (Å²) in [5.41, 5.74) is 0.565. The molecule has 3 rings (SSSR count). The van der Waals surface area contributed by atoms with Crippen molar-refractivity contribution in [3.8, 4) is 5.75 Å². The smallest absolute Gasteiger partial charge is 0.254 e. The van der Waals surface area contributed by atoms with Crippen LogP contribution in [0.1, 0.15) is 36.0 Å². The van der Waals surface area contributed by atoms with Crippen molar-refractivity contribution in [2.24, 2.45) is 0 Å². The Morgan fingerprint density at radius 1 is 1.40 bits per heavy atom. The van der Waals surface area contributed by atoms with Gasteiger partial charge in [0.25, 0.3) is 5.91 Å². The molecule has 1 aromatic carbocycles. The minimum Gasteiger partial charge on any atom is -0.507 e. The van der Waals surface area contributed by atoms with Gasteiger partial charge in [-0.2, -0.15) is 0 Å². The first-order valence-corrected chi connectivity index (χ1v) is 7.97. The Morgan fingerprint density at radius 3 is 2.80 bits per heavy atom. The quantitative estimate of drug-likeness (QED) is 0.886. The van der Waals surface area contributed by atoms with Crippen LogP contribution >= 0.6 is 15.9 Å². The average molecular weight is 339 g/mol. The topological polar surface area (TPSA) is 52.6 Å². The summed E-state index contributed by atoms with van der Waals surface area (Å²) in [5, 5.41) is 13.2. The summed E-state index contributed by atoms with van der Waals surface area (Å²) in [4.78, 5) is 14.6. The van der Waals surface area contributed by atoms with Crippen LogP contribution in [0.15, 0.2) is 22.7 Å². The van der Waals surface area contributed by atoms with Crippen molar-refractivity contribution in [1.82, 2.24) is 10.2 Å². The van der Waals surface area contributed by atoms with Gasteiger partial charge in [0, 0.05) is 24.2 Å². The van der Waals surface area contributed by atoms with Crippen LogP contribution in [0.2, 0.25) is 0 Å². The Kier molecular flexibility index (Phi) is 3.98. The minimum atomic E-state index is 0.0315. The van der Waals surface area contributed by atoms with Crippen LogP contribution in [0.3, 0.4) is 0 Å². The van der Waals surface area contributed by atoms with E-state index in [1.54, 1.807) is 18.2 Å². The Bertz CT molecular complexity index is 511. The Labute approximate surface area is 127 Å². The van der Waals surface area contributed by atoms with Crippen LogP contribution in [0.4, 0.5) is 0 Å². The van der Waals surface area contributed by atoms with Crippen LogP contribution in [0, 0.1) is 0 Å². The zero-order valence-corrected chi connectivity index (χ0v) is 12.9. The predicted octanol–water partition coefficient (Wildman–Crippen LogP) is 2.51. The van der Waals surface area contributed by atoms with Crippen molar-refractivity contribution in [3.05, 3.63) is 28.2 Å². The maximum absolute atomic E-state index is 12.6. The third kappa shape index (κ3) is 2.99. The molecule has 4 nitrogen and oxygen atoms in total. The molecule has 0 bridgehead atoms. The Hall–Kier alpha value is -1.07. The highest BCUT2D eigenvalue weighted by molar-refractivity contribution is 9.10. The summed E-state index contributed by atoms with van der Waals surface area (Å²) >= 11 is 3.24. The van der Waals surface area contributed by atoms with E-state index in [4.69, 9.17) is 0 Å². The highest BCUT2D eigenvalue weighted by Gasteiger charge is 2.35. The van der Waals surface area contributed by atoms with Crippen LogP contribution in [0.25, 0.3) is 0 Å². The number of rotatable bonds is 4. The van der Waals surface area contributed by atoms with Crippen molar-refractivity contribution < 1.29 is 9.90 Å². The molecule has 1 unspecified atom stereocenters. The molecule has 1 atom stereocenters. The number of nitrogens with zero attached hydrogens (tertiary/aromatic N) is 1. The molecule has 1 aliphatic carbocycles. The summed E-state index contributed by atoms with van der Waals surface area (Å²) in [7, 11) is 0. The summed E-state index contributed by atoms with van der Waals surface area (Å²) in [6.07, 6.45) is 4.53. The molecule has 0 spiro atoms. The lowest BCUT2D eigenvalue weighted by Gasteiger charge is -2.26. The molecule has 2 fully saturated rings. The number of carbonyl (C=O) groups excluding carboxylic acids is 1. The van der Waals surface area contributed by atoms with Gasteiger partial charge in [0.2, 0.25) is 0 Å². The second-order valence-corrected chi connectivity index (χ2v) is 6.50. The van der Waals surface area contributed by atoms with Gasteiger partial charge in [0.05, 0.1) is 4.47 Å². The molecule has 2 aliphatic rings. The fourth-order valence-corrected chi connectivity index (χ4v) is 2.99. The van der Waals surface area contributed by atoms with Crippen molar-refractivity contribution in [2.75, 3.05) is 13.1 Å². The first-order valence-electron chi connectivity index (χ1n) is 7.18. The summed E-state index contributed by atoms with van der Waals surface area (Å²) in [6.45, 7) is 1.83. The fourth-order valence-electron chi connectivity index (χ4n) is 2.75. The molecule has 1 saturated heterocycles. The van der Waals surface area contributed by atoms with Gasteiger partial charge in [-0.05, 0) is 66.4 Å². The van der Waals surface area contributed by atoms with Gasteiger partial charge in [-0.15, -0.1) is 0 Å². The van der Waals surface area contributed by atoms with Gasteiger partial charge in [0.1, 0.15) is 5.75 Å². The van der Waals surface area contributed by atoms with Gasteiger partial charge in [-0.1, -0.05) is 0 Å². The summed E-state index contributed by atoms with van der Waals surface area (Å²) in [5.74, 6) is 0.148. The van der Waals surface area contributed by atoms with Gasteiger partial charge in [-0.25, -0.2) is 0 Å². The number of benzene rings is 1. The van der Waals surface area contributed by atoms with E-state index in [0.29, 0.717) is 22.1 Å². The van der Waals surface area contributed by atoms with E-state index in [-0.39, 0.29) is 11.7 Å². The number of phenolic OH excluding ortho intramolecular Hbond substituents is 1. The molecule has 20 heavy (non-hydrogen) atoms. The molecule has 1 heterocycles. The molecule has 2 N–H and O–H groups in total. The number of hydrogen-bond donors (Lipinski definition) is 2. The fraction of sp³-hybridized carbons (Fsp3) is 0.533. The van der Waals surface area contributed by atoms with Gasteiger partial charge in [-0.3, -0.25) is 4.79 Å². The second-order valence-electron chi connectivity index (χ2n) is 5.65. The first kappa shape index (κ1) is 13.9. The largest absolute Gasteiger partial charge is 0.507 e. The molecular weight excluding hydrogens is 320 g/mol. The highest BCUT2D eigenvalue weighted by Crippen LogP contribution is 2.31. The molecular formula is C15H19BrN2O2. The third-order valence-electron chi connectivity index (χ3n) is 4.02. The number of phenols is 1. The zero-order chi connectivity index (χ0) is 14.1. The molecule has 1 aliphatic heterocycles. The Balaban J connectivity index is 1.75. The normalized spacial score (nSPS) is 21.9. The van der Waals surface area contributed by atoms with E-state index in [9.17, 15) is 9.90 Å². The maximum Gasteiger partial charge on any atom is 0.254 e. The number of carbonyl (C=O) groups is 1. The lowest BCUT2D eigenvalue weighted by atomic mass is 10.1. The van der Waals surface area contributed by atoms with E-state index >= 15 is 0 Å². The number of aromatic hydroxyl groups is 1. The molecule has 1 saturated carbocycles. The average Bonchev–Trinajstić information content (AvgIpc) is 3.15. The molecule has 0 aromatic heterocycles. The molecule has 1 amide bonds. The van der Waals surface area contributed by atoms with Crippen molar-refractivity contribution in [3.63, 3.8) is 0 Å². The van der Waals surface area contributed by atoms with E-state index in [1.165, 1.54) is 6.42 Å². The first-order chi connectivity index (χ1) is 9.65. The maximum atomic E-state index is 12.6. The third-order valence-corrected chi connectivity index (χ3v) is 4.69. The predicted molar refractivity (Wildman–Crippen MR) is 80.9 cm³/mol. The lowest BCUT2D eigenvalue weighted by Crippen LogP contribution is -2.42. The standard InChI is InChI=1S/C15H19BrN2O2/c16-13-6-3-10(8-14(13)19)15(20)18(12-4-5-12)9-11-2-1-7-17-11/h3,6,8,11-12,17,19H,1-2,4-5,7,9H2. The highest BCUT2D eigenvalue weighted by atomic mass is 79.9. The van der Waals surface area contributed by atoms with Crippen molar-refractivity contribution in [1.29, 1.82) is 0 Å². The van der Waals surface area contributed by atoms with Gasteiger partial charge < -0.3 is 15.3 Å². The number of nitrogens with one attached hydrogen (secondary N) is 1. The Morgan fingerprint density at radius 2 is 2.20 bits per heavy atom. The van der Waals surface area contributed by atoms with Gasteiger partial charge in [0.15, 0.2) is 0 Å². The van der Waals surface area contributed by atoms with Crippen LogP contribution < -0.4 is 5.32 Å². The van der Waals surface area contributed by atoms with E-state index in [0.717, 1.165) is 32.4 Å². The molecule has 1 aromatic rings. The second kappa shape index (κ2) is 5.74. The monoisotopic (exact) mass is 338 g/mol. The number of amides is 1. The van der Waals surface area contributed by atoms with Crippen molar-refractivity contribution in [2.45, 2.75) is 37.8 Å². The lowest BCUT2D eigenvalue weighted by molar-refractivity contribution is 0.0728. The van der Waals surface area contributed by atoms with E-state index < -0.39 is 0 Å². The SMILES string of the molecule is O=C(c1ccc(Br)c(O)c1)N(CC1CCCN1)C1CC1. The summed E-state index contributed by atoms with van der Waals surface area (Å²) in [6, 6.07) is 5.84. The molecule has 0 radical (unpaired) electrons. The molecule has 5 heteroatoms. The van der Waals surface area contributed by atoms with Crippen molar-refractivity contribution >= 4 is 21.8 Å². The van der Waals surface area contributed by atoms with E-state index in [2.05, 4.69) is 21.2 Å². The van der Waals surface area contributed by atoms with E-state index in [1.807, 2.05) is 4.90 Å². The number of halogens is 1. The molecule has 108 valence electrons.